The molecular formula is C36H38NO+. The highest BCUT2D eigenvalue weighted by atomic mass is 16.3. The molecule has 0 unspecified atom stereocenters. The van der Waals surface area contributed by atoms with Crippen LogP contribution in [-0.2, 0) is 19.9 Å². The lowest BCUT2D eigenvalue weighted by atomic mass is 9.80. The fourth-order valence-electron chi connectivity index (χ4n) is 7.46. The molecule has 1 saturated carbocycles. The first kappa shape index (κ1) is 23.7. The van der Waals surface area contributed by atoms with Gasteiger partial charge in [0.15, 0.2) is 6.20 Å². The van der Waals surface area contributed by atoms with Crippen LogP contribution in [-0.4, -0.2) is 0 Å². The van der Waals surface area contributed by atoms with Crippen LogP contribution in [0, 0.1) is 12.3 Å². The predicted octanol–water partition coefficient (Wildman–Crippen LogP) is 9.23. The van der Waals surface area contributed by atoms with E-state index in [0.29, 0.717) is 5.41 Å². The highest BCUT2D eigenvalue weighted by Crippen LogP contribution is 2.48. The van der Waals surface area contributed by atoms with Gasteiger partial charge >= 0.3 is 0 Å². The van der Waals surface area contributed by atoms with Crippen molar-refractivity contribution in [3.63, 3.8) is 0 Å². The van der Waals surface area contributed by atoms with Crippen LogP contribution in [0.2, 0.25) is 0 Å². The summed E-state index contributed by atoms with van der Waals surface area (Å²) >= 11 is 0. The largest absolute Gasteiger partial charge is 0.454 e. The van der Waals surface area contributed by atoms with Gasteiger partial charge in [0.2, 0.25) is 5.69 Å². The molecule has 0 amide bonds. The van der Waals surface area contributed by atoms with Crippen LogP contribution in [0.5, 0.6) is 0 Å². The first-order chi connectivity index (χ1) is 18.4. The average Bonchev–Trinajstić information content (AvgIpc) is 3.45. The first-order valence-electron chi connectivity index (χ1n) is 14.5. The van der Waals surface area contributed by atoms with Gasteiger partial charge in [0, 0.05) is 28.5 Å². The number of hydrogen-bond donors (Lipinski definition) is 0. The molecule has 2 heterocycles. The number of benzene rings is 3. The summed E-state index contributed by atoms with van der Waals surface area (Å²) in [5.74, 6) is 0.736. The smallest absolute Gasteiger partial charge is 0.216 e. The maximum atomic E-state index is 6.90. The Morgan fingerprint density at radius 1 is 0.763 bits per heavy atom. The molecule has 3 aromatic carbocycles. The first-order valence-corrected chi connectivity index (χ1v) is 14.5. The molecule has 2 aliphatic rings. The van der Waals surface area contributed by atoms with Gasteiger partial charge in [-0.3, -0.25) is 0 Å². The van der Waals surface area contributed by atoms with Crippen molar-refractivity contribution < 1.29 is 8.98 Å². The van der Waals surface area contributed by atoms with Gasteiger partial charge in [-0.2, -0.15) is 0 Å². The van der Waals surface area contributed by atoms with Crippen molar-refractivity contribution in [2.24, 2.45) is 12.5 Å². The van der Waals surface area contributed by atoms with E-state index in [0.717, 1.165) is 23.5 Å². The van der Waals surface area contributed by atoms with Crippen LogP contribution in [0.25, 0.3) is 44.3 Å². The minimum Gasteiger partial charge on any atom is -0.454 e. The van der Waals surface area contributed by atoms with Gasteiger partial charge in [0.25, 0.3) is 0 Å². The van der Waals surface area contributed by atoms with Crippen molar-refractivity contribution in [1.29, 1.82) is 0 Å². The van der Waals surface area contributed by atoms with Gasteiger partial charge in [-0.15, -0.1) is 0 Å². The molecule has 7 rings (SSSR count). The van der Waals surface area contributed by atoms with E-state index in [9.17, 15) is 0 Å². The van der Waals surface area contributed by atoms with Crippen LogP contribution in [0.1, 0.15) is 74.1 Å². The molecule has 0 bridgehead atoms. The molecule has 0 atom stereocenters. The Morgan fingerprint density at radius 2 is 1.55 bits per heavy atom. The lowest BCUT2D eigenvalue weighted by molar-refractivity contribution is -0.660. The molecule has 2 heteroatoms. The minimum absolute atomic E-state index is 0.302. The number of nitrogens with zero attached hydrogens (tertiary/aromatic N) is 1. The molecule has 192 valence electrons. The number of furan rings is 1. The molecule has 0 aliphatic heterocycles. The molecule has 2 aliphatic carbocycles. The van der Waals surface area contributed by atoms with Crippen LogP contribution >= 0.6 is 0 Å². The average molecular weight is 501 g/mol. The fourth-order valence-corrected chi connectivity index (χ4v) is 7.46. The number of rotatable bonds is 3. The Bertz CT molecular complexity index is 1700. The van der Waals surface area contributed by atoms with E-state index >= 15 is 0 Å². The third-order valence-corrected chi connectivity index (χ3v) is 9.30. The Kier molecular flexibility index (Phi) is 5.51. The summed E-state index contributed by atoms with van der Waals surface area (Å²) < 4.78 is 9.09. The van der Waals surface area contributed by atoms with Crippen LogP contribution in [0.3, 0.4) is 0 Å². The summed E-state index contributed by atoms with van der Waals surface area (Å²) in [5.41, 5.74) is 13.4. The lowest BCUT2D eigenvalue weighted by Gasteiger charge is -2.25. The molecule has 0 spiro atoms. The SMILES string of the molecule is Cc1ccc2c(oc3c(-c4ccc(C5CCCCC5)c5c4CC(C)(C)C5)cccc32)c1-c1cccc[n+]1C. The Balaban J connectivity index is 1.46. The summed E-state index contributed by atoms with van der Waals surface area (Å²) in [4.78, 5) is 0. The second-order valence-corrected chi connectivity index (χ2v) is 12.6. The highest BCUT2D eigenvalue weighted by Gasteiger charge is 2.34. The molecular weight excluding hydrogens is 462 g/mol. The van der Waals surface area contributed by atoms with E-state index in [-0.39, 0.29) is 0 Å². The topological polar surface area (TPSA) is 17.0 Å². The molecule has 2 aromatic heterocycles. The van der Waals surface area contributed by atoms with Crippen molar-refractivity contribution in [3.05, 3.63) is 89.1 Å². The number of aromatic nitrogens is 1. The van der Waals surface area contributed by atoms with Crippen LogP contribution < -0.4 is 4.57 Å². The molecule has 1 fully saturated rings. The molecule has 0 saturated heterocycles. The van der Waals surface area contributed by atoms with E-state index in [1.165, 1.54) is 77.2 Å². The number of para-hydroxylation sites is 1. The highest BCUT2D eigenvalue weighted by molar-refractivity contribution is 6.13. The minimum atomic E-state index is 0.302. The molecule has 38 heavy (non-hydrogen) atoms. The summed E-state index contributed by atoms with van der Waals surface area (Å²) in [6.07, 6.45) is 11.3. The summed E-state index contributed by atoms with van der Waals surface area (Å²) in [6.45, 7) is 7.07. The Labute approximate surface area is 226 Å². The van der Waals surface area contributed by atoms with Crippen LogP contribution in [0.15, 0.2) is 71.3 Å². The van der Waals surface area contributed by atoms with E-state index in [1.54, 1.807) is 16.7 Å². The lowest BCUT2D eigenvalue weighted by Crippen LogP contribution is -2.30. The van der Waals surface area contributed by atoms with Gasteiger partial charge in [-0.25, -0.2) is 4.57 Å². The normalized spacial score (nSPS) is 17.4. The van der Waals surface area contributed by atoms with Crippen molar-refractivity contribution in [2.45, 2.75) is 71.6 Å². The third-order valence-electron chi connectivity index (χ3n) is 9.30. The number of fused-ring (bicyclic) bond motifs is 4. The quantitative estimate of drug-likeness (QED) is 0.226. The van der Waals surface area contributed by atoms with E-state index in [4.69, 9.17) is 4.42 Å². The second-order valence-electron chi connectivity index (χ2n) is 12.6. The third kappa shape index (κ3) is 3.72. The van der Waals surface area contributed by atoms with Crippen molar-refractivity contribution in [1.82, 2.24) is 0 Å². The Hall–Kier alpha value is -3.39. The predicted molar refractivity (Wildman–Crippen MR) is 158 cm³/mol. The maximum Gasteiger partial charge on any atom is 0.216 e. The van der Waals surface area contributed by atoms with Gasteiger partial charge in [0.1, 0.15) is 18.2 Å². The van der Waals surface area contributed by atoms with Crippen LogP contribution in [0.4, 0.5) is 0 Å². The zero-order chi connectivity index (χ0) is 26.0. The second kappa shape index (κ2) is 8.83. The van der Waals surface area contributed by atoms with Crippen molar-refractivity contribution >= 4 is 21.9 Å². The summed E-state index contributed by atoms with van der Waals surface area (Å²) in [7, 11) is 2.11. The van der Waals surface area contributed by atoms with E-state index < -0.39 is 0 Å². The molecule has 0 N–H and O–H groups in total. The van der Waals surface area contributed by atoms with Crippen molar-refractivity contribution in [2.75, 3.05) is 0 Å². The number of hydrogen-bond acceptors (Lipinski definition) is 1. The monoisotopic (exact) mass is 500 g/mol. The van der Waals surface area contributed by atoms with Gasteiger partial charge in [0.05, 0.1) is 5.56 Å². The number of pyridine rings is 1. The number of aryl methyl sites for hydroxylation is 2. The molecule has 0 radical (unpaired) electrons. The maximum absolute atomic E-state index is 6.90. The molecule has 5 aromatic rings. The molecule has 2 nitrogen and oxygen atoms in total. The van der Waals surface area contributed by atoms with Gasteiger partial charge in [-0.05, 0) is 77.8 Å². The summed E-state index contributed by atoms with van der Waals surface area (Å²) in [5, 5.41) is 2.40. The summed E-state index contributed by atoms with van der Waals surface area (Å²) in [6, 6.07) is 22.5. The Morgan fingerprint density at radius 3 is 2.37 bits per heavy atom. The van der Waals surface area contributed by atoms with E-state index in [1.807, 2.05) is 0 Å². The fraction of sp³-hybridized carbons (Fsp3) is 0.361. The van der Waals surface area contributed by atoms with Gasteiger partial charge in [-0.1, -0.05) is 75.6 Å². The van der Waals surface area contributed by atoms with Gasteiger partial charge < -0.3 is 4.42 Å². The zero-order valence-corrected chi connectivity index (χ0v) is 23.2. The van der Waals surface area contributed by atoms with Crippen molar-refractivity contribution in [3.8, 4) is 22.4 Å². The zero-order valence-electron chi connectivity index (χ0n) is 23.2. The standard InChI is InChI=1S/C36H38NO/c1-23-16-17-29-28-14-10-13-27(34(28)38-35(29)33(23)32-15-8-9-20-37(32)4)26-19-18-25(24-11-6-5-7-12-24)30-21-36(2,3)22-31(26)30/h8-10,13-20,24H,5-7,11-12,21-22H2,1-4H3/q+1. The van der Waals surface area contributed by atoms with E-state index in [2.05, 4.69) is 99.2 Å².